The van der Waals surface area contributed by atoms with E-state index in [0.717, 1.165) is 24.8 Å². The van der Waals surface area contributed by atoms with Gasteiger partial charge in [0.05, 0.1) is 11.3 Å². The van der Waals surface area contributed by atoms with Crippen molar-refractivity contribution in [2.24, 2.45) is 5.92 Å². The molecule has 1 aromatic carbocycles. The molecule has 2 aliphatic rings. The van der Waals surface area contributed by atoms with Gasteiger partial charge in [-0.1, -0.05) is 6.92 Å². The maximum Gasteiger partial charge on any atom is 0.265 e. The normalized spacial score (nSPS) is 21.6. The average molecular weight is 356 g/mol. The Morgan fingerprint density at radius 1 is 1.36 bits per heavy atom. The highest BCUT2D eigenvalue weighted by molar-refractivity contribution is 7.10. The molecule has 2 heterocycles. The molecular weight excluding hydrogens is 336 g/mol. The van der Waals surface area contributed by atoms with E-state index in [1.165, 1.54) is 10.4 Å². The van der Waals surface area contributed by atoms with Crippen molar-refractivity contribution in [2.45, 2.75) is 39.2 Å². The highest BCUT2D eigenvalue weighted by atomic mass is 32.1. The van der Waals surface area contributed by atoms with E-state index in [0.29, 0.717) is 23.0 Å². The van der Waals surface area contributed by atoms with Crippen LogP contribution in [0.15, 0.2) is 23.6 Å². The lowest BCUT2D eigenvalue weighted by atomic mass is 9.88. The highest BCUT2D eigenvalue weighted by Gasteiger charge is 2.25. The minimum Gasteiger partial charge on any atom is -0.479 e. The molecule has 0 spiro atoms. The Morgan fingerprint density at radius 3 is 3.04 bits per heavy atom. The smallest absolute Gasteiger partial charge is 0.265 e. The summed E-state index contributed by atoms with van der Waals surface area (Å²) in [5.74, 6) is 1.03. The van der Waals surface area contributed by atoms with Crippen molar-refractivity contribution in [1.82, 2.24) is 0 Å². The summed E-state index contributed by atoms with van der Waals surface area (Å²) >= 11 is 1.68. The van der Waals surface area contributed by atoms with Gasteiger partial charge in [-0.05, 0) is 55.9 Å². The van der Waals surface area contributed by atoms with Crippen molar-refractivity contribution in [3.8, 4) is 5.75 Å². The number of hydrogen-bond acceptors (Lipinski definition) is 4. The maximum absolute atomic E-state index is 12.7. The quantitative estimate of drug-likeness (QED) is 0.859. The Hall–Kier alpha value is -2.34. The molecule has 2 unspecified atom stereocenters. The van der Waals surface area contributed by atoms with Gasteiger partial charge in [-0.15, -0.1) is 11.3 Å². The van der Waals surface area contributed by atoms with E-state index in [1.54, 1.807) is 36.5 Å². The van der Waals surface area contributed by atoms with Crippen molar-refractivity contribution in [3.63, 3.8) is 0 Å². The first-order valence-electron chi connectivity index (χ1n) is 8.53. The van der Waals surface area contributed by atoms with Crippen molar-refractivity contribution in [2.75, 3.05) is 10.6 Å². The van der Waals surface area contributed by atoms with Crippen LogP contribution >= 0.6 is 11.3 Å². The van der Waals surface area contributed by atoms with Gasteiger partial charge in [0.25, 0.3) is 11.8 Å². The molecule has 0 radical (unpaired) electrons. The summed E-state index contributed by atoms with van der Waals surface area (Å²) < 4.78 is 5.54. The van der Waals surface area contributed by atoms with Crippen molar-refractivity contribution < 1.29 is 14.3 Å². The van der Waals surface area contributed by atoms with Crippen LogP contribution < -0.4 is 15.4 Å². The summed E-state index contributed by atoms with van der Waals surface area (Å²) in [6, 6.07) is 5.30. The van der Waals surface area contributed by atoms with Gasteiger partial charge < -0.3 is 15.4 Å². The van der Waals surface area contributed by atoms with Crippen LogP contribution in [0.3, 0.4) is 0 Å². The number of anilines is 2. The third kappa shape index (κ3) is 3.02. The fourth-order valence-electron chi connectivity index (χ4n) is 3.35. The van der Waals surface area contributed by atoms with Crippen LogP contribution in [-0.4, -0.2) is 17.9 Å². The average Bonchev–Trinajstić information content (AvgIpc) is 2.99. The van der Waals surface area contributed by atoms with Crippen molar-refractivity contribution in [3.05, 3.63) is 39.6 Å². The molecular formula is C19H20N2O3S. The van der Waals surface area contributed by atoms with Crippen LogP contribution in [0.25, 0.3) is 0 Å². The van der Waals surface area contributed by atoms with E-state index >= 15 is 0 Å². The fraction of sp³-hybridized carbons (Fsp3) is 0.368. The lowest BCUT2D eigenvalue weighted by molar-refractivity contribution is -0.122. The lowest BCUT2D eigenvalue weighted by Gasteiger charge is -2.23. The number of carbonyl (C=O) groups is 2. The zero-order valence-corrected chi connectivity index (χ0v) is 15.0. The van der Waals surface area contributed by atoms with E-state index in [2.05, 4.69) is 17.6 Å². The molecule has 1 aliphatic heterocycles. The molecule has 130 valence electrons. The fourth-order valence-corrected chi connectivity index (χ4v) is 4.60. The van der Waals surface area contributed by atoms with Gasteiger partial charge in [-0.3, -0.25) is 9.59 Å². The third-order valence-corrected chi connectivity index (χ3v) is 5.87. The number of nitrogens with one attached hydrogen (secondary N) is 2. The zero-order chi connectivity index (χ0) is 17.6. The predicted molar refractivity (Wildman–Crippen MR) is 98.6 cm³/mol. The van der Waals surface area contributed by atoms with E-state index < -0.39 is 6.10 Å². The van der Waals surface area contributed by atoms with Crippen LogP contribution in [-0.2, 0) is 17.6 Å². The zero-order valence-electron chi connectivity index (χ0n) is 14.2. The number of hydrogen-bond donors (Lipinski definition) is 2. The van der Waals surface area contributed by atoms with Crippen LogP contribution in [0.5, 0.6) is 5.75 Å². The molecule has 1 aliphatic carbocycles. The van der Waals surface area contributed by atoms with Gasteiger partial charge in [0.2, 0.25) is 0 Å². The summed E-state index contributed by atoms with van der Waals surface area (Å²) in [6.45, 7) is 3.96. The van der Waals surface area contributed by atoms with Crippen LogP contribution in [0, 0.1) is 5.92 Å². The second-order valence-electron chi connectivity index (χ2n) is 6.81. The molecule has 5 nitrogen and oxygen atoms in total. The molecule has 2 N–H and O–H groups in total. The predicted octanol–water partition coefficient (Wildman–Crippen LogP) is 3.84. The number of benzene rings is 1. The first kappa shape index (κ1) is 16.1. The number of thiophene rings is 1. The number of rotatable bonds is 2. The Balaban J connectivity index is 1.54. The SMILES string of the molecule is CC1CCc2c(C(=O)Nc3ccc4c(c3)NC(=O)C(C)O4)csc2C1. The first-order valence-corrected chi connectivity index (χ1v) is 9.41. The summed E-state index contributed by atoms with van der Waals surface area (Å²) in [6.07, 6.45) is 2.65. The van der Waals surface area contributed by atoms with Gasteiger partial charge in [0.15, 0.2) is 6.10 Å². The molecule has 0 saturated carbocycles. The molecule has 0 fully saturated rings. The van der Waals surface area contributed by atoms with E-state index in [4.69, 9.17) is 4.74 Å². The van der Waals surface area contributed by atoms with Gasteiger partial charge in [0, 0.05) is 15.9 Å². The topological polar surface area (TPSA) is 67.4 Å². The van der Waals surface area contributed by atoms with Gasteiger partial charge in [0.1, 0.15) is 5.75 Å². The molecule has 1 aromatic heterocycles. The number of fused-ring (bicyclic) bond motifs is 2. The summed E-state index contributed by atoms with van der Waals surface area (Å²) in [7, 11) is 0. The molecule has 6 heteroatoms. The largest absolute Gasteiger partial charge is 0.479 e. The Labute approximate surface area is 150 Å². The minimum absolute atomic E-state index is 0.0941. The second kappa shape index (κ2) is 6.19. The maximum atomic E-state index is 12.7. The van der Waals surface area contributed by atoms with Gasteiger partial charge >= 0.3 is 0 Å². The standard InChI is InChI=1S/C19H20N2O3S/c1-10-3-5-13-14(9-25-17(13)7-10)19(23)20-12-4-6-16-15(8-12)21-18(22)11(2)24-16/h4,6,8-11H,3,5,7H2,1-2H3,(H,20,23)(H,21,22). The van der Waals surface area contributed by atoms with E-state index in [9.17, 15) is 9.59 Å². The van der Waals surface area contributed by atoms with Crippen LogP contribution in [0.4, 0.5) is 11.4 Å². The molecule has 4 rings (SSSR count). The second-order valence-corrected chi connectivity index (χ2v) is 7.78. The number of carbonyl (C=O) groups excluding carboxylic acids is 2. The highest BCUT2D eigenvalue weighted by Crippen LogP contribution is 2.35. The molecule has 0 saturated heterocycles. The summed E-state index contributed by atoms with van der Waals surface area (Å²) in [4.78, 5) is 25.8. The first-order chi connectivity index (χ1) is 12.0. The lowest BCUT2D eigenvalue weighted by Crippen LogP contribution is -2.34. The van der Waals surface area contributed by atoms with Crippen LogP contribution in [0.2, 0.25) is 0 Å². The van der Waals surface area contributed by atoms with E-state index in [1.807, 2.05) is 5.38 Å². The summed E-state index contributed by atoms with van der Waals surface area (Å²) in [5.41, 5.74) is 3.20. The third-order valence-electron chi connectivity index (χ3n) is 4.81. The Kier molecular flexibility index (Phi) is 4.00. The van der Waals surface area contributed by atoms with Crippen LogP contribution in [0.1, 0.15) is 41.1 Å². The van der Waals surface area contributed by atoms with Gasteiger partial charge in [-0.2, -0.15) is 0 Å². The minimum atomic E-state index is -0.507. The molecule has 2 atom stereocenters. The number of ether oxygens (including phenoxy) is 1. The summed E-state index contributed by atoms with van der Waals surface area (Å²) in [5, 5.41) is 7.70. The van der Waals surface area contributed by atoms with Crippen molar-refractivity contribution >= 4 is 34.5 Å². The van der Waals surface area contributed by atoms with E-state index in [-0.39, 0.29) is 11.8 Å². The molecule has 0 bridgehead atoms. The Bertz CT molecular complexity index is 858. The molecule has 25 heavy (non-hydrogen) atoms. The molecule has 2 aromatic rings. The Morgan fingerprint density at radius 2 is 2.20 bits per heavy atom. The molecule has 2 amide bonds. The number of amides is 2. The van der Waals surface area contributed by atoms with Gasteiger partial charge in [-0.25, -0.2) is 0 Å². The van der Waals surface area contributed by atoms with Crippen molar-refractivity contribution in [1.29, 1.82) is 0 Å². The monoisotopic (exact) mass is 356 g/mol.